The average Bonchev–Trinajstić information content (AvgIpc) is 1.86. The van der Waals surface area contributed by atoms with Crippen LogP contribution in [0.3, 0.4) is 0 Å². The summed E-state index contributed by atoms with van der Waals surface area (Å²) in [6, 6.07) is 0. The van der Waals surface area contributed by atoms with Crippen LogP contribution in [-0.4, -0.2) is 38.5 Å². The quantitative estimate of drug-likeness (QED) is 0.366. The molecule has 4 heteroatoms. The molecule has 0 fully saturated rings. The first-order valence-corrected chi connectivity index (χ1v) is 4.17. The Balaban J connectivity index is 0. The highest BCUT2D eigenvalue weighted by atomic mass is 15.0. The molecule has 0 atom stereocenters. The Bertz CT molecular complexity index is 103. The average molecular weight is 174 g/mol. The summed E-state index contributed by atoms with van der Waals surface area (Å²) in [5.41, 5.74) is 10.1. The zero-order chi connectivity index (χ0) is 9.98. The van der Waals surface area contributed by atoms with Crippen molar-refractivity contribution < 1.29 is 0 Å². The van der Waals surface area contributed by atoms with Crippen LogP contribution in [0.25, 0.3) is 0 Å². The van der Waals surface area contributed by atoms with Gasteiger partial charge in [-0.25, -0.2) is 0 Å². The summed E-state index contributed by atoms with van der Waals surface area (Å²) in [5.74, 6) is 0.193. The van der Waals surface area contributed by atoms with Crippen LogP contribution in [0.4, 0.5) is 0 Å². The Labute approximate surface area is 75.6 Å². The van der Waals surface area contributed by atoms with Crippen LogP contribution in [-0.2, 0) is 0 Å². The van der Waals surface area contributed by atoms with Crippen LogP contribution in [0, 0.1) is 0 Å². The second kappa shape index (κ2) is 10.2. The highest BCUT2D eigenvalue weighted by Crippen LogP contribution is 1.84. The van der Waals surface area contributed by atoms with Crippen molar-refractivity contribution in [1.29, 1.82) is 0 Å². The maximum Gasteiger partial charge on any atom is 0.185 e. The second-order valence-corrected chi connectivity index (χ2v) is 3.00. The van der Waals surface area contributed by atoms with E-state index >= 15 is 0 Å². The lowest BCUT2D eigenvalue weighted by molar-refractivity contribution is 0.505. The molecule has 0 spiro atoms. The molecule has 0 aliphatic rings. The lowest BCUT2D eigenvalue weighted by atomic mass is 10.3. The normalized spacial score (nSPS) is 8.75. The Hall–Kier alpha value is -0.770. The largest absolute Gasteiger partial charge is 0.370 e. The number of aliphatic imine (C=N–C) groups is 1. The van der Waals surface area contributed by atoms with Gasteiger partial charge in [-0.05, 0) is 27.6 Å². The molecule has 0 saturated carbocycles. The summed E-state index contributed by atoms with van der Waals surface area (Å²) < 4.78 is 0. The van der Waals surface area contributed by atoms with Gasteiger partial charge in [-0.1, -0.05) is 13.3 Å². The summed E-state index contributed by atoms with van der Waals surface area (Å²) in [7, 11) is 6.00. The van der Waals surface area contributed by atoms with E-state index in [9.17, 15) is 0 Å². The first-order chi connectivity index (χ1) is 5.50. The van der Waals surface area contributed by atoms with E-state index < -0.39 is 0 Å². The molecule has 0 saturated heterocycles. The van der Waals surface area contributed by atoms with Crippen LogP contribution in [0.1, 0.15) is 19.8 Å². The van der Waals surface area contributed by atoms with Gasteiger partial charge >= 0.3 is 0 Å². The Kier molecular flexibility index (Phi) is 11.8. The molecule has 0 aliphatic heterocycles. The molecule has 74 valence electrons. The molecule has 0 aromatic heterocycles. The Morgan fingerprint density at radius 1 is 1.25 bits per heavy atom. The summed E-state index contributed by atoms with van der Waals surface area (Å²) >= 11 is 0. The lowest BCUT2D eigenvalue weighted by Crippen LogP contribution is -2.22. The zero-order valence-corrected chi connectivity index (χ0v) is 8.67. The first-order valence-electron chi connectivity index (χ1n) is 4.17. The highest BCUT2D eigenvalue weighted by Gasteiger charge is 1.79. The van der Waals surface area contributed by atoms with Gasteiger partial charge in [-0.15, -0.1) is 0 Å². The minimum absolute atomic E-state index is 0.193. The van der Waals surface area contributed by atoms with Crippen molar-refractivity contribution in [1.82, 2.24) is 4.90 Å². The molecule has 12 heavy (non-hydrogen) atoms. The van der Waals surface area contributed by atoms with E-state index in [-0.39, 0.29) is 5.96 Å². The fraction of sp³-hybridized carbons (Fsp3) is 0.875. The van der Waals surface area contributed by atoms with Crippen molar-refractivity contribution in [3.8, 4) is 0 Å². The van der Waals surface area contributed by atoms with Gasteiger partial charge in [-0.3, -0.25) is 4.99 Å². The van der Waals surface area contributed by atoms with E-state index in [2.05, 4.69) is 11.9 Å². The molecule has 4 N–H and O–H groups in total. The Morgan fingerprint density at radius 3 is 1.92 bits per heavy atom. The van der Waals surface area contributed by atoms with Crippen molar-refractivity contribution in [2.45, 2.75) is 19.8 Å². The highest BCUT2D eigenvalue weighted by molar-refractivity contribution is 5.75. The minimum Gasteiger partial charge on any atom is -0.370 e. The van der Waals surface area contributed by atoms with E-state index in [0.29, 0.717) is 0 Å². The molecule has 0 rings (SSSR count). The first kappa shape index (κ1) is 13.8. The second-order valence-electron chi connectivity index (χ2n) is 3.00. The van der Waals surface area contributed by atoms with Crippen LogP contribution in [0.5, 0.6) is 0 Å². The van der Waals surface area contributed by atoms with E-state index in [1.165, 1.54) is 0 Å². The van der Waals surface area contributed by atoms with E-state index in [1.807, 2.05) is 26.0 Å². The maximum atomic E-state index is 5.06. The van der Waals surface area contributed by atoms with Gasteiger partial charge in [0.25, 0.3) is 0 Å². The number of nitrogens with zero attached hydrogens (tertiary/aromatic N) is 2. The maximum absolute atomic E-state index is 5.06. The van der Waals surface area contributed by atoms with Gasteiger partial charge < -0.3 is 16.4 Å². The van der Waals surface area contributed by atoms with Crippen molar-refractivity contribution in [3.63, 3.8) is 0 Å². The molecule has 0 radical (unpaired) electrons. The molecule has 4 nitrogen and oxygen atoms in total. The number of guanidine groups is 1. The predicted octanol–water partition coefficient (Wildman–Crippen LogP) is 0.238. The van der Waals surface area contributed by atoms with Crippen molar-refractivity contribution in [3.05, 3.63) is 0 Å². The van der Waals surface area contributed by atoms with Crippen LogP contribution in [0.2, 0.25) is 0 Å². The Morgan fingerprint density at radius 2 is 1.67 bits per heavy atom. The van der Waals surface area contributed by atoms with Gasteiger partial charge in [0.1, 0.15) is 0 Å². The minimum atomic E-state index is 0.193. The monoisotopic (exact) mass is 174 g/mol. The molecule has 0 heterocycles. The molecule has 0 aromatic rings. The third kappa shape index (κ3) is 34.9. The van der Waals surface area contributed by atoms with Crippen LogP contribution in [0.15, 0.2) is 4.99 Å². The van der Waals surface area contributed by atoms with Crippen LogP contribution < -0.4 is 11.5 Å². The smallest absolute Gasteiger partial charge is 0.185 e. The number of hydrogen-bond donors (Lipinski definition) is 2. The molecule has 0 unspecified atom stereocenters. The number of unbranched alkanes of at least 4 members (excludes halogenated alkanes) is 1. The molecule has 0 aliphatic carbocycles. The van der Waals surface area contributed by atoms with Gasteiger partial charge in [0.15, 0.2) is 5.96 Å². The fourth-order valence-corrected chi connectivity index (χ4v) is 0.366. The fourth-order valence-electron chi connectivity index (χ4n) is 0.366. The van der Waals surface area contributed by atoms with E-state index in [0.717, 1.165) is 19.4 Å². The molecule has 0 aromatic carbocycles. The van der Waals surface area contributed by atoms with Gasteiger partial charge in [0, 0.05) is 6.54 Å². The SMILES string of the molecule is CCCCN=C(N)N.CN(C)C. The summed E-state index contributed by atoms with van der Waals surface area (Å²) in [6.45, 7) is 2.86. The van der Waals surface area contributed by atoms with Crippen molar-refractivity contribution in [2.75, 3.05) is 27.7 Å². The lowest BCUT2D eigenvalue weighted by Gasteiger charge is -1.90. The number of hydrogen-bond acceptors (Lipinski definition) is 2. The van der Waals surface area contributed by atoms with Gasteiger partial charge in [-0.2, -0.15) is 0 Å². The molecular weight excluding hydrogens is 152 g/mol. The molecular formula is C8H22N4. The molecule has 0 amide bonds. The number of rotatable bonds is 3. The zero-order valence-electron chi connectivity index (χ0n) is 8.67. The van der Waals surface area contributed by atoms with E-state index in [1.54, 1.807) is 0 Å². The summed E-state index contributed by atoms with van der Waals surface area (Å²) in [6.07, 6.45) is 2.20. The van der Waals surface area contributed by atoms with Crippen molar-refractivity contribution >= 4 is 5.96 Å². The van der Waals surface area contributed by atoms with Crippen molar-refractivity contribution in [2.24, 2.45) is 16.5 Å². The van der Waals surface area contributed by atoms with Gasteiger partial charge in [0.05, 0.1) is 0 Å². The van der Waals surface area contributed by atoms with E-state index in [4.69, 9.17) is 11.5 Å². The molecule has 0 bridgehead atoms. The number of nitrogens with two attached hydrogens (primary N) is 2. The third-order valence-electron chi connectivity index (χ3n) is 0.806. The standard InChI is InChI=1S/C5H13N3.C3H9N/c1-2-3-4-8-5(6)7;1-4(2)3/h2-4H2,1H3,(H4,6,7,8);1-3H3. The third-order valence-corrected chi connectivity index (χ3v) is 0.806. The summed E-state index contributed by atoms with van der Waals surface area (Å²) in [5, 5.41) is 0. The predicted molar refractivity (Wildman–Crippen MR) is 55.2 cm³/mol. The van der Waals surface area contributed by atoms with Gasteiger partial charge in [0.2, 0.25) is 0 Å². The topological polar surface area (TPSA) is 67.6 Å². The van der Waals surface area contributed by atoms with Crippen LogP contribution >= 0.6 is 0 Å². The summed E-state index contributed by atoms with van der Waals surface area (Å²) in [4.78, 5) is 5.79.